The molecule has 0 spiro atoms. The minimum atomic E-state index is 0.281. The summed E-state index contributed by atoms with van der Waals surface area (Å²) in [6, 6.07) is 4.39. The van der Waals surface area contributed by atoms with Crippen molar-refractivity contribution in [3.63, 3.8) is 0 Å². The first-order valence-electron chi connectivity index (χ1n) is 5.60. The molecular formula is C12H18N2O. The van der Waals surface area contributed by atoms with Crippen LogP contribution in [-0.2, 0) is 0 Å². The number of aromatic nitrogens is 1. The van der Waals surface area contributed by atoms with Crippen molar-refractivity contribution in [2.45, 2.75) is 32.2 Å². The van der Waals surface area contributed by atoms with Crippen LogP contribution >= 0.6 is 0 Å². The Morgan fingerprint density at radius 1 is 1.53 bits per heavy atom. The van der Waals surface area contributed by atoms with Gasteiger partial charge in [-0.05, 0) is 31.4 Å². The largest absolute Gasteiger partial charge is 0.396 e. The minimum absolute atomic E-state index is 0.281. The molecule has 1 fully saturated rings. The fourth-order valence-corrected chi connectivity index (χ4v) is 2.26. The number of nitrogens with one attached hydrogen (secondary N) is 1. The van der Waals surface area contributed by atoms with Gasteiger partial charge in [0.15, 0.2) is 0 Å². The fraction of sp³-hybridized carbons (Fsp3) is 0.583. The second-order valence-corrected chi connectivity index (χ2v) is 4.29. The molecule has 1 heterocycles. The molecule has 1 saturated carbocycles. The highest BCUT2D eigenvalue weighted by molar-refractivity contribution is 5.43. The lowest BCUT2D eigenvalue weighted by molar-refractivity contribution is 0.222. The first-order valence-corrected chi connectivity index (χ1v) is 5.60. The summed E-state index contributed by atoms with van der Waals surface area (Å²) in [6.07, 6.45) is 5.27. The zero-order valence-electron chi connectivity index (χ0n) is 9.11. The number of pyridine rings is 1. The summed E-state index contributed by atoms with van der Waals surface area (Å²) in [5.74, 6) is 1.36. The van der Waals surface area contributed by atoms with E-state index in [9.17, 15) is 5.11 Å². The van der Waals surface area contributed by atoms with Crippen LogP contribution in [0.15, 0.2) is 18.3 Å². The molecule has 0 aromatic carbocycles. The highest BCUT2D eigenvalue weighted by Gasteiger charge is 2.26. The van der Waals surface area contributed by atoms with E-state index < -0.39 is 0 Å². The van der Waals surface area contributed by atoms with Crippen LogP contribution in [0.2, 0.25) is 0 Å². The molecule has 1 aliphatic carbocycles. The number of anilines is 1. The van der Waals surface area contributed by atoms with Gasteiger partial charge in [0, 0.05) is 24.8 Å². The van der Waals surface area contributed by atoms with Gasteiger partial charge in [0.1, 0.15) is 5.82 Å². The van der Waals surface area contributed by atoms with E-state index in [0.717, 1.165) is 18.7 Å². The molecule has 1 aliphatic rings. The van der Waals surface area contributed by atoms with Gasteiger partial charge in [-0.1, -0.05) is 12.5 Å². The second-order valence-electron chi connectivity index (χ2n) is 4.29. The molecular weight excluding hydrogens is 188 g/mol. The summed E-state index contributed by atoms with van der Waals surface area (Å²) in [7, 11) is 0. The fourth-order valence-electron chi connectivity index (χ4n) is 2.26. The van der Waals surface area contributed by atoms with Gasteiger partial charge in [-0.3, -0.25) is 0 Å². The standard InChI is InChI=1S/C12H18N2O/c1-9-4-3-7-13-12(9)14-11-6-2-5-10(11)8-15/h3-4,7,10-11,15H,2,5-6,8H2,1H3,(H,13,14). The lowest BCUT2D eigenvalue weighted by Crippen LogP contribution is -2.27. The number of aryl methyl sites for hydroxylation is 1. The summed E-state index contributed by atoms with van der Waals surface area (Å²) in [6.45, 7) is 2.34. The zero-order chi connectivity index (χ0) is 10.7. The summed E-state index contributed by atoms with van der Waals surface area (Å²) in [4.78, 5) is 4.32. The molecule has 3 nitrogen and oxygen atoms in total. The molecule has 3 heteroatoms. The van der Waals surface area contributed by atoms with E-state index >= 15 is 0 Å². The van der Waals surface area contributed by atoms with Gasteiger partial charge >= 0.3 is 0 Å². The number of hydrogen-bond acceptors (Lipinski definition) is 3. The smallest absolute Gasteiger partial charge is 0.129 e. The van der Waals surface area contributed by atoms with Gasteiger partial charge in [-0.25, -0.2) is 4.98 Å². The topological polar surface area (TPSA) is 45.2 Å². The highest BCUT2D eigenvalue weighted by Crippen LogP contribution is 2.28. The summed E-state index contributed by atoms with van der Waals surface area (Å²) >= 11 is 0. The van der Waals surface area contributed by atoms with Crippen LogP contribution in [0, 0.1) is 12.8 Å². The van der Waals surface area contributed by atoms with Gasteiger partial charge in [0.25, 0.3) is 0 Å². The van der Waals surface area contributed by atoms with Gasteiger partial charge < -0.3 is 10.4 Å². The van der Waals surface area contributed by atoms with Crippen LogP contribution in [0.1, 0.15) is 24.8 Å². The number of aliphatic hydroxyl groups is 1. The monoisotopic (exact) mass is 206 g/mol. The molecule has 15 heavy (non-hydrogen) atoms. The maximum Gasteiger partial charge on any atom is 0.129 e. The Hall–Kier alpha value is -1.09. The summed E-state index contributed by atoms with van der Waals surface area (Å²) in [5, 5.41) is 12.7. The van der Waals surface area contributed by atoms with E-state index in [4.69, 9.17) is 0 Å². The van der Waals surface area contributed by atoms with Gasteiger partial charge in [-0.15, -0.1) is 0 Å². The minimum Gasteiger partial charge on any atom is -0.396 e. The summed E-state index contributed by atoms with van der Waals surface area (Å²) in [5.41, 5.74) is 1.17. The Kier molecular flexibility index (Phi) is 3.21. The molecule has 2 rings (SSSR count). The van der Waals surface area contributed by atoms with E-state index in [2.05, 4.69) is 23.3 Å². The summed E-state index contributed by atoms with van der Waals surface area (Å²) < 4.78 is 0. The Bertz CT molecular complexity index is 327. The third kappa shape index (κ3) is 2.29. The van der Waals surface area contributed by atoms with E-state index in [1.807, 2.05) is 6.07 Å². The van der Waals surface area contributed by atoms with Crippen molar-refractivity contribution in [1.82, 2.24) is 4.98 Å². The number of nitrogens with zero attached hydrogens (tertiary/aromatic N) is 1. The van der Waals surface area contributed by atoms with Crippen molar-refractivity contribution < 1.29 is 5.11 Å². The Morgan fingerprint density at radius 2 is 2.40 bits per heavy atom. The normalized spacial score (nSPS) is 25.5. The van der Waals surface area contributed by atoms with Gasteiger partial charge in [0.05, 0.1) is 0 Å². The van der Waals surface area contributed by atoms with Crippen LogP contribution in [0.3, 0.4) is 0 Å². The molecule has 1 aromatic rings. The van der Waals surface area contributed by atoms with Crippen molar-refractivity contribution in [2.24, 2.45) is 5.92 Å². The molecule has 0 radical (unpaired) electrons. The molecule has 82 valence electrons. The van der Waals surface area contributed by atoms with Crippen molar-refractivity contribution in [2.75, 3.05) is 11.9 Å². The van der Waals surface area contributed by atoms with E-state index in [1.54, 1.807) is 6.20 Å². The van der Waals surface area contributed by atoms with Crippen molar-refractivity contribution >= 4 is 5.82 Å². The number of rotatable bonds is 3. The quantitative estimate of drug-likeness (QED) is 0.794. The van der Waals surface area contributed by atoms with Gasteiger partial charge in [0.2, 0.25) is 0 Å². The van der Waals surface area contributed by atoms with Gasteiger partial charge in [-0.2, -0.15) is 0 Å². The third-order valence-corrected chi connectivity index (χ3v) is 3.23. The molecule has 0 saturated heterocycles. The Morgan fingerprint density at radius 3 is 3.13 bits per heavy atom. The highest BCUT2D eigenvalue weighted by atomic mass is 16.3. The molecule has 0 aliphatic heterocycles. The molecule has 0 amide bonds. The predicted octanol–water partition coefficient (Wildman–Crippen LogP) is 1.96. The molecule has 0 bridgehead atoms. The lowest BCUT2D eigenvalue weighted by atomic mass is 10.1. The predicted molar refractivity (Wildman–Crippen MR) is 60.8 cm³/mol. The van der Waals surface area contributed by atoms with Crippen LogP contribution < -0.4 is 5.32 Å². The third-order valence-electron chi connectivity index (χ3n) is 3.23. The number of aliphatic hydroxyl groups excluding tert-OH is 1. The lowest BCUT2D eigenvalue weighted by Gasteiger charge is -2.20. The number of hydrogen-bond donors (Lipinski definition) is 2. The molecule has 2 unspecified atom stereocenters. The van der Waals surface area contributed by atoms with Crippen molar-refractivity contribution in [3.05, 3.63) is 23.9 Å². The molecule has 2 atom stereocenters. The van der Waals surface area contributed by atoms with Crippen LogP contribution in [0.5, 0.6) is 0 Å². The van der Waals surface area contributed by atoms with E-state index in [1.165, 1.54) is 12.0 Å². The molecule has 2 N–H and O–H groups in total. The maximum atomic E-state index is 9.22. The van der Waals surface area contributed by atoms with Crippen molar-refractivity contribution in [1.29, 1.82) is 0 Å². The Balaban J connectivity index is 2.05. The first kappa shape index (κ1) is 10.4. The van der Waals surface area contributed by atoms with E-state index in [0.29, 0.717) is 12.0 Å². The van der Waals surface area contributed by atoms with Crippen molar-refractivity contribution in [3.8, 4) is 0 Å². The maximum absolute atomic E-state index is 9.22. The first-order chi connectivity index (χ1) is 7.31. The second kappa shape index (κ2) is 4.62. The SMILES string of the molecule is Cc1cccnc1NC1CCCC1CO. The van der Waals surface area contributed by atoms with Crippen LogP contribution in [-0.4, -0.2) is 22.7 Å². The molecule has 1 aromatic heterocycles. The zero-order valence-corrected chi connectivity index (χ0v) is 9.11. The Labute approximate surface area is 90.5 Å². The van der Waals surface area contributed by atoms with Crippen LogP contribution in [0.4, 0.5) is 5.82 Å². The average Bonchev–Trinajstić information content (AvgIpc) is 2.69. The average molecular weight is 206 g/mol. The van der Waals surface area contributed by atoms with Crippen LogP contribution in [0.25, 0.3) is 0 Å². The van der Waals surface area contributed by atoms with E-state index in [-0.39, 0.29) is 6.61 Å².